The number of halogens is 1. The Hall–Kier alpha value is -0.870. The van der Waals surface area contributed by atoms with Crippen LogP contribution in [0.2, 0.25) is 0 Å². The fraction of sp³-hybridized carbons (Fsp3) is 0.364. The van der Waals surface area contributed by atoms with Crippen LogP contribution in [0.15, 0.2) is 18.2 Å². The van der Waals surface area contributed by atoms with Crippen LogP contribution in [0, 0.1) is 6.92 Å². The molecule has 0 aliphatic rings. The van der Waals surface area contributed by atoms with Crippen LogP contribution in [0.25, 0.3) is 0 Å². The van der Waals surface area contributed by atoms with Gasteiger partial charge in [0.25, 0.3) is 0 Å². The Bertz CT molecular complexity index is 368. The topological polar surface area (TPSA) is 35.5 Å². The highest BCUT2D eigenvalue weighted by Gasteiger charge is 2.06. The number of benzene rings is 1. The summed E-state index contributed by atoms with van der Waals surface area (Å²) in [5, 5.41) is 0.0131. The predicted molar refractivity (Wildman–Crippen MR) is 66.3 cm³/mol. The van der Waals surface area contributed by atoms with E-state index in [0.29, 0.717) is 11.5 Å². The summed E-state index contributed by atoms with van der Waals surface area (Å²) in [6, 6.07) is 5.22. The maximum absolute atomic E-state index is 11.3. The van der Waals surface area contributed by atoms with Gasteiger partial charge in [-0.1, -0.05) is 24.8 Å². The highest BCUT2D eigenvalue weighted by atomic mass is 35.5. The number of rotatable bonds is 5. The average molecular weight is 261 g/mol. The molecule has 0 spiro atoms. The fourth-order valence-corrected chi connectivity index (χ4v) is 1.68. The van der Waals surface area contributed by atoms with Crippen molar-refractivity contribution in [3.05, 3.63) is 23.8 Å². The molecule has 1 aromatic carbocycles. The number of ether oxygens (including phenoxy) is 1. The molecule has 0 N–H and O–H groups in total. The standard InChI is InChI=1S/C11H13ClO3S/c1-3-16-11(13)7-14-10-6-9(15-12)5-4-8(10)2/h4-6H,3,7H2,1-2H3. The first-order valence-electron chi connectivity index (χ1n) is 4.85. The molecule has 0 aliphatic carbocycles. The number of hydrogen-bond acceptors (Lipinski definition) is 4. The molecule has 0 heterocycles. The second-order valence-electron chi connectivity index (χ2n) is 3.10. The molecule has 0 radical (unpaired) electrons. The van der Waals surface area contributed by atoms with Crippen LogP contribution in [0.4, 0.5) is 0 Å². The SMILES string of the molecule is CCSC(=O)COc1cc(OCl)ccc1C. The Morgan fingerprint density at radius 1 is 1.50 bits per heavy atom. The highest BCUT2D eigenvalue weighted by Crippen LogP contribution is 2.25. The second kappa shape index (κ2) is 6.66. The minimum absolute atomic E-state index is 0.0131. The zero-order valence-corrected chi connectivity index (χ0v) is 10.7. The van der Waals surface area contributed by atoms with Crippen molar-refractivity contribution in [2.45, 2.75) is 13.8 Å². The van der Waals surface area contributed by atoms with Gasteiger partial charge < -0.3 is 9.03 Å². The minimum atomic E-state index is 0.0131. The summed E-state index contributed by atoms with van der Waals surface area (Å²) in [5.74, 6) is 1.87. The van der Waals surface area contributed by atoms with Crippen molar-refractivity contribution >= 4 is 28.7 Å². The lowest BCUT2D eigenvalue weighted by Gasteiger charge is -2.08. The Balaban J connectivity index is 2.62. The van der Waals surface area contributed by atoms with Crippen LogP contribution >= 0.6 is 23.6 Å². The summed E-state index contributed by atoms with van der Waals surface area (Å²) in [6.07, 6.45) is 0. The lowest BCUT2D eigenvalue weighted by molar-refractivity contribution is -0.112. The predicted octanol–water partition coefficient (Wildman–Crippen LogP) is 3.19. The first-order valence-corrected chi connectivity index (χ1v) is 6.14. The zero-order valence-electron chi connectivity index (χ0n) is 9.16. The lowest BCUT2D eigenvalue weighted by atomic mass is 10.2. The van der Waals surface area contributed by atoms with Gasteiger partial charge in [0.05, 0.1) is 0 Å². The van der Waals surface area contributed by atoms with Crippen molar-refractivity contribution in [3.8, 4) is 11.5 Å². The van der Waals surface area contributed by atoms with Gasteiger partial charge in [-0.15, -0.1) is 0 Å². The van der Waals surface area contributed by atoms with Crippen molar-refractivity contribution in [2.24, 2.45) is 0 Å². The molecule has 0 saturated carbocycles. The number of carbonyl (C=O) groups excluding carboxylic acids is 1. The van der Waals surface area contributed by atoms with Crippen molar-refractivity contribution in [1.82, 2.24) is 0 Å². The normalized spacial score (nSPS) is 9.94. The summed E-state index contributed by atoms with van der Waals surface area (Å²) >= 11 is 6.48. The van der Waals surface area contributed by atoms with Crippen molar-refractivity contribution in [3.63, 3.8) is 0 Å². The van der Waals surface area contributed by atoms with E-state index in [0.717, 1.165) is 11.3 Å². The Labute approximate surface area is 104 Å². The van der Waals surface area contributed by atoms with E-state index in [1.165, 1.54) is 11.8 Å². The largest absolute Gasteiger partial charge is 0.484 e. The molecule has 0 unspecified atom stereocenters. The summed E-state index contributed by atoms with van der Waals surface area (Å²) in [6.45, 7) is 3.88. The first-order chi connectivity index (χ1) is 7.67. The summed E-state index contributed by atoms with van der Waals surface area (Å²) in [4.78, 5) is 11.3. The highest BCUT2D eigenvalue weighted by molar-refractivity contribution is 8.13. The number of hydrogen-bond donors (Lipinski definition) is 0. The number of thioether (sulfide) groups is 1. The van der Waals surface area contributed by atoms with Crippen LogP contribution in [-0.4, -0.2) is 17.5 Å². The van der Waals surface area contributed by atoms with Gasteiger partial charge in [0.2, 0.25) is 5.12 Å². The van der Waals surface area contributed by atoms with E-state index in [2.05, 4.69) is 4.29 Å². The molecular weight excluding hydrogens is 248 g/mol. The molecule has 0 aromatic heterocycles. The molecule has 0 amide bonds. The molecule has 0 aliphatic heterocycles. The van der Waals surface area contributed by atoms with Gasteiger partial charge in [-0.05, 0) is 24.3 Å². The van der Waals surface area contributed by atoms with Gasteiger partial charge in [-0.2, -0.15) is 0 Å². The molecule has 16 heavy (non-hydrogen) atoms. The molecule has 1 rings (SSSR count). The monoisotopic (exact) mass is 260 g/mol. The van der Waals surface area contributed by atoms with E-state index in [1.807, 2.05) is 19.9 Å². The van der Waals surface area contributed by atoms with Gasteiger partial charge in [0.15, 0.2) is 6.61 Å². The lowest BCUT2D eigenvalue weighted by Crippen LogP contribution is -2.08. The number of aryl methyl sites for hydroxylation is 1. The van der Waals surface area contributed by atoms with E-state index in [9.17, 15) is 4.79 Å². The third-order valence-electron chi connectivity index (χ3n) is 1.90. The van der Waals surface area contributed by atoms with Gasteiger partial charge in [0.1, 0.15) is 23.4 Å². The first kappa shape index (κ1) is 13.2. The maximum atomic E-state index is 11.3. The van der Waals surface area contributed by atoms with E-state index >= 15 is 0 Å². The van der Waals surface area contributed by atoms with E-state index in [4.69, 9.17) is 16.6 Å². The van der Waals surface area contributed by atoms with Crippen LogP contribution in [0.1, 0.15) is 12.5 Å². The summed E-state index contributed by atoms with van der Waals surface area (Å²) in [5.41, 5.74) is 0.937. The molecule has 0 atom stereocenters. The molecule has 3 nitrogen and oxygen atoms in total. The summed E-state index contributed by atoms with van der Waals surface area (Å²) in [7, 11) is 0. The third-order valence-corrected chi connectivity index (χ3v) is 2.81. The Morgan fingerprint density at radius 2 is 2.25 bits per heavy atom. The van der Waals surface area contributed by atoms with Crippen LogP contribution < -0.4 is 9.03 Å². The number of carbonyl (C=O) groups is 1. The fourth-order valence-electron chi connectivity index (χ4n) is 1.12. The van der Waals surface area contributed by atoms with Crippen LogP contribution in [0.3, 0.4) is 0 Å². The van der Waals surface area contributed by atoms with Crippen LogP contribution in [0.5, 0.6) is 11.5 Å². The molecule has 0 bridgehead atoms. The van der Waals surface area contributed by atoms with Crippen molar-refractivity contribution in [1.29, 1.82) is 0 Å². The Kier molecular flexibility index (Phi) is 5.49. The quantitative estimate of drug-likeness (QED) is 0.815. The van der Waals surface area contributed by atoms with Crippen LogP contribution in [-0.2, 0) is 4.79 Å². The molecule has 5 heteroatoms. The molecule has 0 fully saturated rings. The zero-order chi connectivity index (χ0) is 12.0. The smallest absolute Gasteiger partial charge is 0.226 e. The maximum Gasteiger partial charge on any atom is 0.226 e. The molecule has 0 saturated heterocycles. The summed E-state index contributed by atoms with van der Waals surface area (Å²) < 4.78 is 9.95. The van der Waals surface area contributed by atoms with Gasteiger partial charge in [-0.3, -0.25) is 4.79 Å². The van der Waals surface area contributed by atoms with E-state index in [-0.39, 0.29) is 11.7 Å². The van der Waals surface area contributed by atoms with Gasteiger partial charge in [-0.25, -0.2) is 0 Å². The molecular formula is C11H13ClO3S. The van der Waals surface area contributed by atoms with Gasteiger partial charge >= 0.3 is 0 Å². The molecule has 1 aromatic rings. The van der Waals surface area contributed by atoms with E-state index < -0.39 is 0 Å². The minimum Gasteiger partial charge on any atom is -0.484 e. The van der Waals surface area contributed by atoms with Crippen molar-refractivity contribution < 1.29 is 13.8 Å². The Morgan fingerprint density at radius 3 is 2.88 bits per heavy atom. The average Bonchev–Trinajstić information content (AvgIpc) is 2.28. The van der Waals surface area contributed by atoms with Crippen molar-refractivity contribution in [2.75, 3.05) is 12.4 Å². The third kappa shape index (κ3) is 3.94. The van der Waals surface area contributed by atoms with E-state index in [1.54, 1.807) is 12.1 Å². The van der Waals surface area contributed by atoms with Gasteiger partial charge in [0, 0.05) is 6.07 Å². The molecule has 88 valence electrons. The second-order valence-corrected chi connectivity index (χ2v) is 4.57.